The molecule has 3 heteroatoms. The van der Waals surface area contributed by atoms with E-state index in [1.54, 1.807) is 0 Å². The van der Waals surface area contributed by atoms with E-state index in [4.69, 9.17) is 4.74 Å². The van der Waals surface area contributed by atoms with E-state index in [1.807, 2.05) is 20.0 Å². The molecule has 0 radical (unpaired) electrons. The third-order valence-electron chi connectivity index (χ3n) is 3.10. The van der Waals surface area contributed by atoms with Crippen LogP contribution in [0.15, 0.2) is 12.3 Å². The second-order valence-corrected chi connectivity index (χ2v) is 4.79. The Morgan fingerprint density at radius 1 is 1.11 bits per heavy atom. The molecule has 0 aromatic carbocycles. The Kier molecular flexibility index (Phi) is 5.60. The molecule has 0 saturated carbocycles. The summed E-state index contributed by atoms with van der Waals surface area (Å²) in [6, 6.07) is 2.17. The van der Waals surface area contributed by atoms with E-state index in [0.29, 0.717) is 0 Å². The Labute approximate surface area is 111 Å². The van der Waals surface area contributed by atoms with E-state index in [-0.39, 0.29) is 12.2 Å². The van der Waals surface area contributed by atoms with Gasteiger partial charge in [0.2, 0.25) is 0 Å². The Hall–Kier alpha value is -1.09. The molecule has 1 aliphatic rings. The molecule has 1 aromatic rings. The number of rotatable bonds is 1. The largest absolute Gasteiger partial charge is 0.372 e. The van der Waals surface area contributed by atoms with Gasteiger partial charge in [0.05, 0.1) is 12.2 Å². The van der Waals surface area contributed by atoms with E-state index in [2.05, 4.69) is 43.6 Å². The molecule has 1 aromatic heterocycles. The summed E-state index contributed by atoms with van der Waals surface area (Å²) in [4.78, 5) is 6.81. The summed E-state index contributed by atoms with van der Waals surface area (Å²) < 4.78 is 5.72. The van der Waals surface area contributed by atoms with Crippen LogP contribution in [0.2, 0.25) is 0 Å². The van der Waals surface area contributed by atoms with Crippen molar-refractivity contribution in [3.05, 3.63) is 23.4 Å². The van der Waals surface area contributed by atoms with Crippen molar-refractivity contribution in [1.82, 2.24) is 4.98 Å². The standard InChI is InChI=1S/C13H20N2O.C2H6/c1-9-5-13(14-6-10(9)2)15-7-11(3)16-12(4)8-15;1-2/h5-6,11-12H,7-8H2,1-4H3;1-2H3/t11-,12+;. The highest BCUT2D eigenvalue weighted by molar-refractivity contribution is 5.43. The van der Waals surface area contributed by atoms with Crippen molar-refractivity contribution in [2.45, 2.75) is 53.8 Å². The molecule has 3 nitrogen and oxygen atoms in total. The van der Waals surface area contributed by atoms with Gasteiger partial charge in [-0.05, 0) is 44.9 Å². The minimum Gasteiger partial charge on any atom is -0.372 e. The van der Waals surface area contributed by atoms with Crippen LogP contribution in [-0.2, 0) is 4.74 Å². The first-order valence-electron chi connectivity index (χ1n) is 6.90. The van der Waals surface area contributed by atoms with Gasteiger partial charge in [-0.1, -0.05) is 13.8 Å². The lowest BCUT2D eigenvalue weighted by Gasteiger charge is -2.36. The number of hydrogen-bond acceptors (Lipinski definition) is 3. The number of morpholine rings is 1. The molecule has 1 fully saturated rings. The lowest BCUT2D eigenvalue weighted by Crippen LogP contribution is -2.45. The van der Waals surface area contributed by atoms with Crippen LogP contribution in [0.4, 0.5) is 5.82 Å². The van der Waals surface area contributed by atoms with Crippen LogP contribution in [0.3, 0.4) is 0 Å². The maximum Gasteiger partial charge on any atom is 0.128 e. The predicted molar refractivity (Wildman–Crippen MR) is 77.3 cm³/mol. The highest BCUT2D eigenvalue weighted by Gasteiger charge is 2.23. The van der Waals surface area contributed by atoms with Gasteiger partial charge in [0.25, 0.3) is 0 Å². The monoisotopic (exact) mass is 250 g/mol. The summed E-state index contributed by atoms with van der Waals surface area (Å²) in [6.45, 7) is 14.3. The Bertz CT molecular complexity index is 369. The van der Waals surface area contributed by atoms with Crippen molar-refractivity contribution >= 4 is 5.82 Å². The van der Waals surface area contributed by atoms with Gasteiger partial charge in [-0.15, -0.1) is 0 Å². The zero-order chi connectivity index (χ0) is 13.7. The smallest absolute Gasteiger partial charge is 0.128 e. The number of hydrogen-bond donors (Lipinski definition) is 0. The van der Waals surface area contributed by atoms with Gasteiger partial charge in [-0.25, -0.2) is 4.98 Å². The second kappa shape index (κ2) is 6.74. The maximum atomic E-state index is 5.72. The van der Waals surface area contributed by atoms with Gasteiger partial charge in [-0.3, -0.25) is 0 Å². The highest BCUT2D eigenvalue weighted by Crippen LogP contribution is 2.20. The third-order valence-corrected chi connectivity index (χ3v) is 3.10. The summed E-state index contributed by atoms with van der Waals surface area (Å²) in [5.41, 5.74) is 2.55. The van der Waals surface area contributed by atoms with Gasteiger partial charge in [0.1, 0.15) is 5.82 Å². The highest BCUT2D eigenvalue weighted by atomic mass is 16.5. The van der Waals surface area contributed by atoms with E-state index in [1.165, 1.54) is 11.1 Å². The fraction of sp³-hybridized carbons (Fsp3) is 0.667. The van der Waals surface area contributed by atoms with Crippen LogP contribution in [0.1, 0.15) is 38.8 Å². The SMILES string of the molecule is CC.Cc1cnc(N2C[C@@H](C)O[C@@H](C)C2)cc1C. The molecule has 0 aliphatic carbocycles. The van der Waals surface area contributed by atoms with Crippen LogP contribution in [-0.4, -0.2) is 30.3 Å². The van der Waals surface area contributed by atoms with Crippen molar-refractivity contribution in [3.63, 3.8) is 0 Å². The molecule has 0 spiro atoms. The average Bonchev–Trinajstić information content (AvgIpc) is 2.34. The molecule has 2 atom stereocenters. The molecule has 1 aliphatic heterocycles. The third kappa shape index (κ3) is 3.70. The molecule has 0 bridgehead atoms. The summed E-state index contributed by atoms with van der Waals surface area (Å²) in [7, 11) is 0. The van der Waals surface area contributed by atoms with Crippen LogP contribution in [0, 0.1) is 13.8 Å². The van der Waals surface area contributed by atoms with Crippen LogP contribution in [0.25, 0.3) is 0 Å². The van der Waals surface area contributed by atoms with Gasteiger partial charge >= 0.3 is 0 Å². The van der Waals surface area contributed by atoms with Crippen molar-refractivity contribution in [1.29, 1.82) is 0 Å². The van der Waals surface area contributed by atoms with Crippen LogP contribution in [0.5, 0.6) is 0 Å². The van der Waals surface area contributed by atoms with E-state index < -0.39 is 0 Å². The number of ether oxygens (including phenoxy) is 1. The van der Waals surface area contributed by atoms with Gasteiger partial charge in [-0.2, -0.15) is 0 Å². The predicted octanol–water partition coefficient (Wildman–Crippen LogP) is 3.34. The fourth-order valence-corrected chi connectivity index (χ4v) is 2.15. The fourth-order valence-electron chi connectivity index (χ4n) is 2.15. The topological polar surface area (TPSA) is 25.4 Å². The molecular weight excluding hydrogens is 224 g/mol. The molecule has 0 amide bonds. The first kappa shape index (κ1) is 15.0. The first-order valence-corrected chi connectivity index (χ1v) is 6.90. The maximum absolute atomic E-state index is 5.72. The van der Waals surface area contributed by atoms with Crippen LogP contribution >= 0.6 is 0 Å². The molecule has 18 heavy (non-hydrogen) atoms. The van der Waals surface area contributed by atoms with Crippen molar-refractivity contribution in [2.75, 3.05) is 18.0 Å². The minimum atomic E-state index is 0.284. The zero-order valence-electron chi connectivity index (χ0n) is 12.5. The minimum absolute atomic E-state index is 0.284. The van der Waals surface area contributed by atoms with Gasteiger partial charge in [0.15, 0.2) is 0 Å². The molecular formula is C15H26N2O. The van der Waals surface area contributed by atoms with Crippen molar-refractivity contribution in [2.24, 2.45) is 0 Å². The van der Waals surface area contributed by atoms with E-state index >= 15 is 0 Å². The molecule has 102 valence electrons. The number of nitrogens with zero attached hydrogens (tertiary/aromatic N) is 2. The molecule has 1 saturated heterocycles. The summed E-state index contributed by atoms with van der Waals surface area (Å²) in [6.07, 6.45) is 2.52. The average molecular weight is 250 g/mol. The van der Waals surface area contributed by atoms with Crippen molar-refractivity contribution < 1.29 is 4.74 Å². The molecule has 2 rings (SSSR count). The van der Waals surface area contributed by atoms with Gasteiger partial charge in [0, 0.05) is 19.3 Å². The molecule has 0 unspecified atom stereocenters. The van der Waals surface area contributed by atoms with Crippen molar-refractivity contribution in [3.8, 4) is 0 Å². The number of aryl methyl sites for hydroxylation is 2. The van der Waals surface area contributed by atoms with E-state index in [9.17, 15) is 0 Å². The zero-order valence-corrected chi connectivity index (χ0v) is 12.5. The first-order chi connectivity index (χ1) is 8.56. The summed E-state index contributed by atoms with van der Waals surface area (Å²) >= 11 is 0. The number of aromatic nitrogens is 1. The lowest BCUT2D eigenvalue weighted by atomic mass is 10.1. The molecule has 0 N–H and O–H groups in total. The summed E-state index contributed by atoms with van der Waals surface area (Å²) in [5.74, 6) is 1.07. The lowest BCUT2D eigenvalue weighted by molar-refractivity contribution is -0.00546. The Morgan fingerprint density at radius 2 is 1.67 bits per heavy atom. The van der Waals surface area contributed by atoms with Crippen LogP contribution < -0.4 is 4.90 Å². The van der Waals surface area contributed by atoms with Gasteiger partial charge < -0.3 is 9.64 Å². The quantitative estimate of drug-likeness (QED) is 0.764. The van der Waals surface area contributed by atoms with E-state index in [0.717, 1.165) is 18.9 Å². The normalized spacial score (nSPS) is 23.3. The summed E-state index contributed by atoms with van der Waals surface area (Å²) in [5, 5.41) is 0. The number of anilines is 1. The Morgan fingerprint density at radius 3 is 2.17 bits per heavy atom. The second-order valence-electron chi connectivity index (χ2n) is 4.79. The number of pyridine rings is 1. The Balaban J connectivity index is 0.000000771. The molecule has 2 heterocycles.